The minimum atomic E-state index is 0.792. The predicted molar refractivity (Wildman–Crippen MR) is 87.5 cm³/mol. The number of nitrogens with zero attached hydrogens (tertiary/aromatic N) is 1. The Hall–Kier alpha value is -0.120. The Morgan fingerprint density at radius 1 is 0.762 bits per heavy atom. The van der Waals surface area contributed by atoms with Crippen LogP contribution in [0, 0.1) is 5.92 Å². The average Bonchev–Trinajstić information content (AvgIpc) is 3.14. The van der Waals surface area contributed by atoms with E-state index in [-0.39, 0.29) is 0 Å². The van der Waals surface area contributed by atoms with Crippen molar-refractivity contribution in [3.05, 3.63) is 0 Å². The summed E-state index contributed by atoms with van der Waals surface area (Å²) < 4.78 is 0. The molecule has 0 spiro atoms. The summed E-state index contributed by atoms with van der Waals surface area (Å²) >= 11 is 0. The number of nitrogens with one attached hydrogen (secondary N) is 2. The first-order chi connectivity index (χ1) is 10.4. The summed E-state index contributed by atoms with van der Waals surface area (Å²) in [6.45, 7) is 3.97. The fourth-order valence-corrected chi connectivity index (χ4v) is 5.64. The zero-order valence-electron chi connectivity index (χ0n) is 13.5. The van der Waals surface area contributed by atoms with Crippen LogP contribution in [0.1, 0.15) is 64.2 Å². The van der Waals surface area contributed by atoms with Crippen molar-refractivity contribution < 1.29 is 0 Å². The van der Waals surface area contributed by atoms with E-state index >= 15 is 0 Å². The summed E-state index contributed by atoms with van der Waals surface area (Å²) in [5, 5.41) is 7.99. The molecule has 0 amide bonds. The monoisotopic (exact) mass is 291 g/mol. The van der Waals surface area contributed by atoms with E-state index in [2.05, 4.69) is 15.5 Å². The van der Waals surface area contributed by atoms with Crippen LogP contribution in [-0.2, 0) is 0 Å². The maximum Gasteiger partial charge on any atom is 0.0250 e. The summed E-state index contributed by atoms with van der Waals surface area (Å²) in [4.78, 5) is 2.74. The van der Waals surface area contributed by atoms with E-state index in [1.54, 1.807) is 0 Å². The van der Waals surface area contributed by atoms with E-state index in [1.165, 1.54) is 83.8 Å². The van der Waals surface area contributed by atoms with Crippen molar-refractivity contribution in [2.45, 2.75) is 88.4 Å². The van der Waals surface area contributed by atoms with Gasteiger partial charge in [-0.1, -0.05) is 19.3 Å². The molecule has 3 nitrogen and oxygen atoms in total. The van der Waals surface area contributed by atoms with E-state index in [0.717, 1.165) is 30.1 Å². The molecule has 0 aromatic rings. The third-order valence-corrected chi connectivity index (χ3v) is 6.72. The molecule has 0 aromatic carbocycles. The van der Waals surface area contributed by atoms with Crippen molar-refractivity contribution in [1.82, 2.24) is 15.5 Å². The van der Waals surface area contributed by atoms with E-state index in [4.69, 9.17) is 0 Å². The van der Waals surface area contributed by atoms with E-state index in [1.807, 2.05) is 0 Å². The number of rotatable bonds is 3. The van der Waals surface area contributed by atoms with Gasteiger partial charge in [0.2, 0.25) is 0 Å². The average molecular weight is 291 g/mol. The standard InChI is InChI=1S/C18H33N3/c1-2-8-16(14(6-1)15-7-3-4-11-19-15)20-17-10-13-21-12-5-9-18(17)21/h14-20H,1-13H2. The molecule has 5 unspecified atom stereocenters. The van der Waals surface area contributed by atoms with Crippen LogP contribution in [0.15, 0.2) is 0 Å². The van der Waals surface area contributed by atoms with Gasteiger partial charge in [0, 0.05) is 30.7 Å². The third kappa shape index (κ3) is 3.02. The second-order valence-corrected chi connectivity index (χ2v) is 7.92. The minimum Gasteiger partial charge on any atom is -0.314 e. The van der Waals surface area contributed by atoms with Gasteiger partial charge < -0.3 is 10.6 Å². The highest BCUT2D eigenvalue weighted by molar-refractivity contribution is 4.99. The Kier molecular flexibility index (Phi) is 4.52. The first-order valence-corrected chi connectivity index (χ1v) is 9.65. The lowest BCUT2D eigenvalue weighted by Crippen LogP contribution is -2.54. The van der Waals surface area contributed by atoms with Gasteiger partial charge in [-0.2, -0.15) is 0 Å². The van der Waals surface area contributed by atoms with E-state index in [0.29, 0.717) is 0 Å². The lowest BCUT2D eigenvalue weighted by atomic mass is 9.77. The molecule has 4 fully saturated rings. The SMILES string of the molecule is C1CCC(C2CCCCC2NC2CCN3CCCC23)NC1. The number of hydrogen-bond donors (Lipinski definition) is 2. The summed E-state index contributed by atoms with van der Waals surface area (Å²) in [7, 11) is 0. The largest absolute Gasteiger partial charge is 0.314 e. The molecule has 2 N–H and O–H groups in total. The Morgan fingerprint density at radius 3 is 2.57 bits per heavy atom. The molecule has 3 saturated heterocycles. The summed E-state index contributed by atoms with van der Waals surface area (Å²) in [5.74, 6) is 0.898. The minimum absolute atomic E-state index is 0.792. The van der Waals surface area contributed by atoms with Crippen molar-refractivity contribution in [2.75, 3.05) is 19.6 Å². The molecule has 4 aliphatic rings. The third-order valence-electron chi connectivity index (χ3n) is 6.72. The molecule has 120 valence electrons. The number of hydrogen-bond acceptors (Lipinski definition) is 3. The molecule has 3 heteroatoms. The van der Waals surface area contributed by atoms with Gasteiger partial charge in [-0.25, -0.2) is 0 Å². The van der Waals surface area contributed by atoms with E-state index < -0.39 is 0 Å². The Morgan fingerprint density at radius 2 is 1.67 bits per heavy atom. The first-order valence-electron chi connectivity index (χ1n) is 9.65. The molecular formula is C18H33N3. The molecule has 1 aliphatic carbocycles. The van der Waals surface area contributed by atoms with Crippen molar-refractivity contribution in [3.63, 3.8) is 0 Å². The molecule has 4 rings (SSSR count). The van der Waals surface area contributed by atoms with Crippen LogP contribution in [0.4, 0.5) is 0 Å². The highest BCUT2D eigenvalue weighted by Gasteiger charge is 2.40. The second-order valence-electron chi connectivity index (χ2n) is 7.92. The molecule has 21 heavy (non-hydrogen) atoms. The number of fused-ring (bicyclic) bond motifs is 1. The second kappa shape index (κ2) is 6.55. The van der Waals surface area contributed by atoms with Gasteiger partial charge in [0.05, 0.1) is 0 Å². The highest BCUT2D eigenvalue weighted by Crippen LogP contribution is 2.33. The Bertz CT molecular complexity index is 339. The Labute approximate surface area is 130 Å². The van der Waals surface area contributed by atoms with Crippen LogP contribution in [0.3, 0.4) is 0 Å². The van der Waals surface area contributed by atoms with Gasteiger partial charge in [-0.3, -0.25) is 4.90 Å². The van der Waals surface area contributed by atoms with Gasteiger partial charge >= 0.3 is 0 Å². The zero-order chi connectivity index (χ0) is 14.1. The normalized spacial score (nSPS) is 44.9. The van der Waals surface area contributed by atoms with Crippen molar-refractivity contribution >= 4 is 0 Å². The maximum absolute atomic E-state index is 4.15. The van der Waals surface area contributed by atoms with E-state index in [9.17, 15) is 0 Å². The summed E-state index contributed by atoms with van der Waals surface area (Å²) in [6, 6.07) is 3.26. The molecule has 0 aromatic heterocycles. The fourth-order valence-electron chi connectivity index (χ4n) is 5.64. The van der Waals surface area contributed by atoms with Crippen LogP contribution in [0.2, 0.25) is 0 Å². The van der Waals surface area contributed by atoms with Crippen LogP contribution in [-0.4, -0.2) is 48.7 Å². The van der Waals surface area contributed by atoms with Gasteiger partial charge in [-0.15, -0.1) is 0 Å². The number of piperidine rings is 1. The quantitative estimate of drug-likeness (QED) is 0.837. The lowest BCUT2D eigenvalue weighted by molar-refractivity contribution is 0.164. The predicted octanol–water partition coefficient (Wildman–Crippen LogP) is 2.51. The topological polar surface area (TPSA) is 27.3 Å². The maximum atomic E-state index is 4.15. The van der Waals surface area contributed by atoms with Gasteiger partial charge in [0.15, 0.2) is 0 Å². The molecule has 3 aliphatic heterocycles. The van der Waals surface area contributed by atoms with Gasteiger partial charge in [0.25, 0.3) is 0 Å². The van der Waals surface area contributed by atoms with Crippen LogP contribution >= 0.6 is 0 Å². The Balaban J connectivity index is 1.39. The smallest absolute Gasteiger partial charge is 0.0250 e. The molecule has 0 radical (unpaired) electrons. The molecule has 3 heterocycles. The van der Waals surface area contributed by atoms with Crippen molar-refractivity contribution in [2.24, 2.45) is 5.92 Å². The summed E-state index contributed by atoms with van der Waals surface area (Å²) in [5.41, 5.74) is 0. The fraction of sp³-hybridized carbons (Fsp3) is 1.00. The zero-order valence-corrected chi connectivity index (χ0v) is 13.5. The van der Waals surface area contributed by atoms with Crippen LogP contribution in [0.25, 0.3) is 0 Å². The van der Waals surface area contributed by atoms with Crippen molar-refractivity contribution in [3.8, 4) is 0 Å². The molecule has 5 atom stereocenters. The van der Waals surface area contributed by atoms with Crippen molar-refractivity contribution in [1.29, 1.82) is 0 Å². The van der Waals surface area contributed by atoms with Crippen LogP contribution < -0.4 is 10.6 Å². The van der Waals surface area contributed by atoms with Gasteiger partial charge in [-0.05, 0) is 64.0 Å². The molecule has 1 saturated carbocycles. The molecular weight excluding hydrogens is 258 g/mol. The lowest BCUT2D eigenvalue weighted by Gasteiger charge is -2.41. The first kappa shape index (κ1) is 14.5. The summed E-state index contributed by atoms with van der Waals surface area (Å²) in [6.07, 6.45) is 14.3. The van der Waals surface area contributed by atoms with Gasteiger partial charge in [0.1, 0.15) is 0 Å². The van der Waals surface area contributed by atoms with Crippen LogP contribution in [0.5, 0.6) is 0 Å². The molecule has 0 bridgehead atoms. The highest BCUT2D eigenvalue weighted by atomic mass is 15.2.